The van der Waals surface area contributed by atoms with E-state index in [0.29, 0.717) is 28.9 Å². The van der Waals surface area contributed by atoms with Gasteiger partial charge in [0.1, 0.15) is 5.75 Å². The minimum absolute atomic E-state index is 0.0178. The van der Waals surface area contributed by atoms with Crippen LogP contribution in [0.3, 0.4) is 0 Å². The number of aryl methyl sites for hydroxylation is 1. The van der Waals surface area contributed by atoms with E-state index in [4.69, 9.17) is 4.74 Å². The molecule has 2 amide bonds. The molecule has 1 aromatic carbocycles. The molecule has 0 unspecified atom stereocenters. The molecule has 0 radical (unpaired) electrons. The van der Waals surface area contributed by atoms with Gasteiger partial charge in [-0.2, -0.15) is 0 Å². The predicted molar refractivity (Wildman–Crippen MR) is 127 cm³/mol. The van der Waals surface area contributed by atoms with Crippen LogP contribution in [0.1, 0.15) is 31.0 Å². The van der Waals surface area contributed by atoms with Crippen LogP contribution >= 0.6 is 11.3 Å². The number of hydrogen-bond acceptors (Lipinski definition) is 7. The molecule has 9 nitrogen and oxygen atoms in total. The molecular formula is C22H25N5O4S2. The number of benzene rings is 1. The van der Waals surface area contributed by atoms with Crippen molar-refractivity contribution >= 4 is 38.2 Å². The summed E-state index contributed by atoms with van der Waals surface area (Å²) in [6, 6.07) is 10.2. The average molecular weight is 488 g/mol. The van der Waals surface area contributed by atoms with Gasteiger partial charge in [-0.3, -0.25) is 9.88 Å². The van der Waals surface area contributed by atoms with Gasteiger partial charge in [0, 0.05) is 24.1 Å². The molecule has 0 saturated heterocycles. The molecule has 0 spiro atoms. The van der Waals surface area contributed by atoms with Crippen molar-refractivity contribution in [3.05, 3.63) is 60.0 Å². The zero-order chi connectivity index (χ0) is 23.4. The lowest BCUT2D eigenvalue weighted by atomic mass is 10.2. The summed E-state index contributed by atoms with van der Waals surface area (Å²) in [5.41, 5.74) is 1.77. The number of carbonyl (C=O) groups excluding carboxylic acids is 1. The molecule has 4 rings (SSSR count). The van der Waals surface area contributed by atoms with Gasteiger partial charge < -0.3 is 10.1 Å². The van der Waals surface area contributed by atoms with E-state index in [1.165, 1.54) is 4.90 Å². The second-order valence-corrected chi connectivity index (χ2v) is 10.5. The second kappa shape index (κ2) is 9.86. The van der Waals surface area contributed by atoms with Crippen LogP contribution in [0.2, 0.25) is 0 Å². The molecule has 0 aliphatic heterocycles. The molecule has 3 aromatic rings. The third-order valence-corrected chi connectivity index (χ3v) is 8.18. The van der Waals surface area contributed by atoms with Crippen LogP contribution in [-0.4, -0.2) is 37.1 Å². The number of ether oxygens (including phenoxy) is 1. The van der Waals surface area contributed by atoms with E-state index in [1.54, 1.807) is 55.7 Å². The van der Waals surface area contributed by atoms with Crippen LogP contribution < -0.4 is 19.7 Å². The number of nitrogens with zero attached hydrogens (tertiary/aromatic N) is 3. The summed E-state index contributed by atoms with van der Waals surface area (Å²) in [6.45, 7) is 4.29. The molecule has 1 aliphatic carbocycles. The molecule has 0 atom stereocenters. The summed E-state index contributed by atoms with van der Waals surface area (Å²) < 4.78 is 33.8. The molecule has 1 fully saturated rings. The fourth-order valence-electron chi connectivity index (χ4n) is 3.10. The number of hydrogen-bond donors (Lipinski definition) is 2. The highest BCUT2D eigenvalue weighted by Gasteiger charge is 2.32. The SMILES string of the molecule is CCOc1ccc(NC(=O)N(Cc2ccncc2)c2nc(C)c(S(=O)(=O)NC3CC3)s2)cc1. The van der Waals surface area contributed by atoms with Gasteiger partial charge in [0.25, 0.3) is 10.0 Å². The van der Waals surface area contributed by atoms with E-state index in [0.717, 1.165) is 29.7 Å². The van der Waals surface area contributed by atoms with Crippen molar-refractivity contribution in [2.45, 2.75) is 43.5 Å². The first kappa shape index (κ1) is 23.1. The van der Waals surface area contributed by atoms with Crippen molar-refractivity contribution in [3.8, 4) is 5.75 Å². The molecule has 1 aliphatic rings. The monoisotopic (exact) mass is 487 g/mol. The van der Waals surface area contributed by atoms with E-state index in [1.807, 2.05) is 6.92 Å². The molecule has 2 aromatic heterocycles. The number of urea groups is 1. The Morgan fingerprint density at radius 1 is 1.18 bits per heavy atom. The number of pyridine rings is 1. The number of nitrogens with one attached hydrogen (secondary N) is 2. The fourth-order valence-corrected chi connectivity index (χ4v) is 5.92. The summed E-state index contributed by atoms with van der Waals surface area (Å²) in [7, 11) is -3.68. The number of anilines is 2. The highest BCUT2D eigenvalue weighted by atomic mass is 32.2. The summed E-state index contributed by atoms with van der Waals surface area (Å²) in [5.74, 6) is 0.706. The van der Waals surface area contributed by atoms with Crippen LogP contribution in [0.4, 0.5) is 15.6 Å². The van der Waals surface area contributed by atoms with Gasteiger partial charge in [-0.05, 0) is 68.7 Å². The lowest BCUT2D eigenvalue weighted by Gasteiger charge is -2.20. The molecule has 2 N–H and O–H groups in total. The van der Waals surface area contributed by atoms with E-state index in [-0.39, 0.29) is 16.8 Å². The second-order valence-electron chi connectivity index (χ2n) is 7.59. The topological polar surface area (TPSA) is 114 Å². The minimum atomic E-state index is -3.68. The first-order valence-electron chi connectivity index (χ1n) is 10.6. The van der Waals surface area contributed by atoms with Crippen LogP contribution in [0.25, 0.3) is 0 Å². The standard InChI is InChI=1S/C22H25N5O4S2/c1-3-31-19-8-6-17(7-9-19)25-21(28)27(14-16-10-12-23-13-11-16)22-24-15(2)20(32-22)33(29,30)26-18-4-5-18/h6-13,18,26H,3-5,14H2,1-2H3,(H,25,28). The first-order chi connectivity index (χ1) is 15.9. The average Bonchev–Trinajstić information content (AvgIpc) is 3.51. The van der Waals surface area contributed by atoms with E-state index < -0.39 is 16.1 Å². The van der Waals surface area contributed by atoms with Crippen LogP contribution in [0.5, 0.6) is 5.75 Å². The number of thiazole rings is 1. The van der Waals surface area contributed by atoms with Crippen molar-refractivity contribution in [3.63, 3.8) is 0 Å². The maximum atomic E-state index is 13.3. The van der Waals surface area contributed by atoms with Gasteiger partial charge >= 0.3 is 6.03 Å². The van der Waals surface area contributed by atoms with Crippen molar-refractivity contribution in [2.75, 3.05) is 16.8 Å². The number of carbonyl (C=O) groups is 1. The number of amides is 2. The summed E-state index contributed by atoms with van der Waals surface area (Å²) in [6.07, 6.45) is 4.95. The highest BCUT2D eigenvalue weighted by molar-refractivity contribution is 7.91. The smallest absolute Gasteiger partial charge is 0.328 e. The fraction of sp³-hybridized carbons (Fsp3) is 0.318. The number of rotatable bonds is 9. The third-order valence-electron chi connectivity index (χ3n) is 4.87. The molecule has 11 heteroatoms. The minimum Gasteiger partial charge on any atom is -0.494 e. The van der Waals surface area contributed by atoms with Gasteiger partial charge in [0.05, 0.1) is 18.8 Å². The Kier molecular flexibility index (Phi) is 6.91. The zero-order valence-corrected chi connectivity index (χ0v) is 19.9. The summed E-state index contributed by atoms with van der Waals surface area (Å²) in [5, 5.41) is 3.15. The maximum Gasteiger partial charge on any atom is 0.328 e. The van der Waals surface area contributed by atoms with Crippen LogP contribution in [0, 0.1) is 6.92 Å². The summed E-state index contributed by atoms with van der Waals surface area (Å²) in [4.78, 5) is 23.1. The molecular weight excluding hydrogens is 462 g/mol. The van der Waals surface area contributed by atoms with Gasteiger partial charge in [-0.1, -0.05) is 11.3 Å². The Bertz CT molecular complexity index is 1210. The Labute approximate surface area is 196 Å². The molecule has 33 heavy (non-hydrogen) atoms. The van der Waals surface area contributed by atoms with Crippen molar-refractivity contribution in [2.24, 2.45) is 0 Å². The van der Waals surface area contributed by atoms with E-state index >= 15 is 0 Å². The number of sulfonamides is 1. The molecule has 0 bridgehead atoms. The highest BCUT2D eigenvalue weighted by Crippen LogP contribution is 2.33. The van der Waals surface area contributed by atoms with E-state index in [9.17, 15) is 13.2 Å². The van der Waals surface area contributed by atoms with Gasteiger partial charge in [0.2, 0.25) is 0 Å². The Balaban J connectivity index is 1.61. The third kappa shape index (κ3) is 5.86. The largest absolute Gasteiger partial charge is 0.494 e. The van der Waals surface area contributed by atoms with Crippen molar-refractivity contribution in [1.29, 1.82) is 0 Å². The zero-order valence-electron chi connectivity index (χ0n) is 18.3. The number of aromatic nitrogens is 2. The normalized spacial score (nSPS) is 13.5. The Hall–Kier alpha value is -3.02. The van der Waals surface area contributed by atoms with E-state index in [2.05, 4.69) is 20.0 Å². The predicted octanol–water partition coefficient (Wildman–Crippen LogP) is 3.92. The molecule has 2 heterocycles. The lowest BCUT2D eigenvalue weighted by Crippen LogP contribution is -2.34. The molecule has 1 saturated carbocycles. The van der Waals surface area contributed by atoms with Gasteiger partial charge in [0.15, 0.2) is 9.34 Å². The Morgan fingerprint density at radius 3 is 2.52 bits per heavy atom. The molecule has 174 valence electrons. The van der Waals surface area contributed by atoms with Crippen LogP contribution in [-0.2, 0) is 16.6 Å². The Morgan fingerprint density at radius 2 is 1.88 bits per heavy atom. The van der Waals surface area contributed by atoms with Gasteiger partial charge in [-0.25, -0.2) is 22.9 Å². The first-order valence-corrected chi connectivity index (χ1v) is 12.9. The van der Waals surface area contributed by atoms with Gasteiger partial charge in [-0.15, -0.1) is 0 Å². The lowest BCUT2D eigenvalue weighted by molar-refractivity contribution is 0.256. The summed E-state index contributed by atoms with van der Waals surface area (Å²) >= 11 is 0.979. The quantitative estimate of drug-likeness (QED) is 0.473. The maximum absolute atomic E-state index is 13.3. The van der Waals surface area contributed by atoms with Crippen LogP contribution in [0.15, 0.2) is 53.0 Å². The van der Waals surface area contributed by atoms with Crippen molar-refractivity contribution in [1.82, 2.24) is 14.7 Å². The van der Waals surface area contributed by atoms with Crippen molar-refractivity contribution < 1.29 is 17.9 Å².